The van der Waals surface area contributed by atoms with Gasteiger partial charge in [0.25, 0.3) is 0 Å². The molecule has 0 unspecified atom stereocenters. The predicted octanol–water partition coefficient (Wildman–Crippen LogP) is 4.25. The van der Waals surface area contributed by atoms with E-state index < -0.39 is 23.7 Å². The Morgan fingerprint density at radius 3 is 2.24 bits per heavy atom. The molecule has 0 spiro atoms. The van der Waals surface area contributed by atoms with Crippen molar-refractivity contribution >= 4 is 18.0 Å². The molecule has 0 radical (unpaired) electrons. The van der Waals surface area contributed by atoms with Gasteiger partial charge in [-0.15, -0.1) is 0 Å². The van der Waals surface area contributed by atoms with E-state index in [0.29, 0.717) is 13.0 Å². The van der Waals surface area contributed by atoms with Gasteiger partial charge in [0.2, 0.25) is 5.91 Å². The molecule has 1 aliphatic heterocycles. The molecule has 2 aliphatic rings. The molecule has 1 heterocycles. The second-order valence-corrected chi connectivity index (χ2v) is 9.86. The number of hydrogen-bond donors (Lipinski definition) is 1. The van der Waals surface area contributed by atoms with Crippen molar-refractivity contribution in [3.8, 4) is 11.1 Å². The average molecular weight is 465 g/mol. The third kappa shape index (κ3) is 5.41. The topological polar surface area (TPSA) is 84.9 Å². The van der Waals surface area contributed by atoms with Crippen molar-refractivity contribution in [1.82, 2.24) is 10.2 Å². The van der Waals surface area contributed by atoms with Crippen molar-refractivity contribution in [2.75, 3.05) is 19.7 Å². The minimum absolute atomic E-state index is 0.0494. The highest BCUT2D eigenvalue weighted by molar-refractivity contribution is 5.88. The van der Waals surface area contributed by atoms with Gasteiger partial charge in [-0.3, -0.25) is 9.59 Å². The molecule has 2 aromatic carbocycles. The molecular weight excluding hydrogens is 432 g/mol. The smallest absolute Gasteiger partial charge is 0.407 e. The molecule has 0 aromatic heterocycles. The van der Waals surface area contributed by atoms with E-state index in [-0.39, 0.29) is 25.0 Å². The molecule has 1 atom stereocenters. The summed E-state index contributed by atoms with van der Waals surface area (Å²) in [6.07, 6.45) is 1.41. The lowest BCUT2D eigenvalue weighted by Crippen LogP contribution is -2.49. The summed E-state index contributed by atoms with van der Waals surface area (Å²) in [6.45, 7) is 5.88. The molecule has 7 nitrogen and oxygen atoms in total. The minimum atomic E-state index is -0.722. The van der Waals surface area contributed by atoms with Crippen molar-refractivity contribution in [2.24, 2.45) is 0 Å². The molecular formula is C27H32N2O5. The Kier molecular flexibility index (Phi) is 6.91. The van der Waals surface area contributed by atoms with Crippen LogP contribution >= 0.6 is 0 Å². The summed E-state index contributed by atoms with van der Waals surface area (Å²) in [5, 5.41) is 2.73. The zero-order chi connectivity index (χ0) is 24.3. The van der Waals surface area contributed by atoms with Gasteiger partial charge in [0.15, 0.2) is 0 Å². The fourth-order valence-corrected chi connectivity index (χ4v) is 4.71. The largest absolute Gasteiger partial charge is 0.459 e. The second kappa shape index (κ2) is 9.87. The van der Waals surface area contributed by atoms with Crippen LogP contribution in [0.4, 0.5) is 4.79 Å². The Morgan fingerprint density at radius 1 is 1.00 bits per heavy atom. The molecule has 34 heavy (non-hydrogen) atoms. The molecule has 1 saturated heterocycles. The first-order valence-electron chi connectivity index (χ1n) is 11.8. The third-order valence-corrected chi connectivity index (χ3v) is 6.16. The third-order valence-electron chi connectivity index (χ3n) is 6.16. The van der Waals surface area contributed by atoms with Gasteiger partial charge in [0.1, 0.15) is 24.8 Å². The summed E-state index contributed by atoms with van der Waals surface area (Å²) in [5.74, 6) is -0.786. The highest BCUT2D eigenvalue weighted by atomic mass is 16.6. The van der Waals surface area contributed by atoms with Crippen LogP contribution in [0.1, 0.15) is 57.1 Å². The predicted molar refractivity (Wildman–Crippen MR) is 128 cm³/mol. The number of benzene rings is 2. The van der Waals surface area contributed by atoms with Gasteiger partial charge < -0.3 is 19.7 Å². The second-order valence-electron chi connectivity index (χ2n) is 9.86. The number of hydrogen-bond acceptors (Lipinski definition) is 5. The van der Waals surface area contributed by atoms with E-state index in [1.165, 1.54) is 4.90 Å². The minimum Gasteiger partial charge on any atom is -0.459 e. The Labute approximate surface area is 200 Å². The maximum atomic E-state index is 13.0. The number of carbonyl (C=O) groups excluding carboxylic acids is 3. The lowest BCUT2D eigenvalue weighted by Gasteiger charge is -2.26. The van der Waals surface area contributed by atoms with E-state index in [9.17, 15) is 14.4 Å². The van der Waals surface area contributed by atoms with E-state index >= 15 is 0 Å². The van der Waals surface area contributed by atoms with Gasteiger partial charge in [0.05, 0.1) is 0 Å². The molecule has 180 valence electrons. The van der Waals surface area contributed by atoms with E-state index in [0.717, 1.165) is 35.1 Å². The maximum absolute atomic E-state index is 13.0. The molecule has 0 saturated carbocycles. The first-order valence-corrected chi connectivity index (χ1v) is 11.8. The highest BCUT2D eigenvalue weighted by Gasteiger charge is 2.32. The Balaban J connectivity index is 1.37. The monoisotopic (exact) mass is 464 g/mol. The normalized spacial score (nSPS) is 18.0. The summed E-state index contributed by atoms with van der Waals surface area (Å²) in [7, 11) is 0. The zero-order valence-corrected chi connectivity index (χ0v) is 20.0. The Hall–Kier alpha value is -3.35. The summed E-state index contributed by atoms with van der Waals surface area (Å²) < 4.78 is 11.0. The quantitative estimate of drug-likeness (QED) is 0.669. The van der Waals surface area contributed by atoms with Crippen LogP contribution in [0.15, 0.2) is 48.5 Å². The number of carbonyl (C=O) groups is 3. The standard InChI is InChI=1S/C27H32N2O5/c1-27(2,3)34-24(30)16-29-15-9-8-14-23(25(29)31)28-26(32)33-17-22-20-12-6-4-10-18(20)19-11-5-7-13-21(19)22/h4-7,10-13,22-23H,8-9,14-17H2,1-3H3,(H,28,32)/t23-/m0/s1. The molecule has 0 bridgehead atoms. The van der Waals surface area contributed by atoms with E-state index in [1.54, 1.807) is 20.8 Å². The van der Waals surface area contributed by atoms with E-state index in [4.69, 9.17) is 9.47 Å². The van der Waals surface area contributed by atoms with Crippen LogP contribution in [0.2, 0.25) is 0 Å². The number of nitrogens with zero attached hydrogens (tertiary/aromatic N) is 1. The molecule has 4 rings (SSSR count). The summed E-state index contributed by atoms with van der Waals surface area (Å²) >= 11 is 0. The number of ether oxygens (including phenoxy) is 2. The number of nitrogens with one attached hydrogen (secondary N) is 1. The molecule has 2 aromatic rings. The number of rotatable bonds is 5. The number of amides is 2. The Bertz CT molecular complexity index is 1030. The van der Waals surface area contributed by atoms with Gasteiger partial charge in [-0.1, -0.05) is 48.5 Å². The van der Waals surface area contributed by atoms with Gasteiger partial charge in [-0.25, -0.2) is 4.79 Å². The average Bonchev–Trinajstić information content (AvgIpc) is 3.01. The van der Waals surface area contributed by atoms with Gasteiger partial charge in [-0.2, -0.15) is 0 Å². The van der Waals surface area contributed by atoms with Crippen LogP contribution in [0, 0.1) is 0 Å². The lowest BCUT2D eigenvalue weighted by molar-refractivity contribution is -0.159. The molecule has 1 fully saturated rings. The lowest BCUT2D eigenvalue weighted by atomic mass is 9.98. The first kappa shape index (κ1) is 23.8. The van der Waals surface area contributed by atoms with Crippen molar-refractivity contribution in [1.29, 1.82) is 0 Å². The van der Waals surface area contributed by atoms with Crippen molar-refractivity contribution in [3.63, 3.8) is 0 Å². The van der Waals surface area contributed by atoms with Gasteiger partial charge >= 0.3 is 12.1 Å². The number of alkyl carbamates (subject to hydrolysis) is 1. The van der Waals surface area contributed by atoms with Crippen LogP contribution in [-0.2, 0) is 19.1 Å². The SMILES string of the molecule is CC(C)(C)OC(=O)CN1CCCC[C@H](NC(=O)OCC2c3ccccc3-c3ccccc32)C1=O. The summed E-state index contributed by atoms with van der Waals surface area (Å²) in [6, 6.07) is 15.5. The zero-order valence-electron chi connectivity index (χ0n) is 20.0. The maximum Gasteiger partial charge on any atom is 0.407 e. The van der Waals surface area contributed by atoms with Crippen LogP contribution in [-0.4, -0.2) is 54.2 Å². The van der Waals surface area contributed by atoms with Crippen LogP contribution in [0.3, 0.4) is 0 Å². The summed E-state index contributed by atoms with van der Waals surface area (Å²) in [5.41, 5.74) is 3.95. The van der Waals surface area contributed by atoms with E-state index in [2.05, 4.69) is 29.6 Å². The molecule has 7 heteroatoms. The van der Waals surface area contributed by atoms with Gasteiger partial charge in [-0.05, 0) is 62.3 Å². The number of esters is 1. The molecule has 1 N–H and O–H groups in total. The van der Waals surface area contributed by atoms with E-state index in [1.807, 2.05) is 24.3 Å². The summed E-state index contributed by atoms with van der Waals surface area (Å²) in [4.78, 5) is 39.4. The fourth-order valence-electron chi connectivity index (χ4n) is 4.71. The number of fused-ring (bicyclic) bond motifs is 3. The number of likely N-dealkylation sites (tertiary alicyclic amines) is 1. The highest BCUT2D eigenvalue weighted by Crippen LogP contribution is 2.44. The fraction of sp³-hybridized carbons (Fsp3) is 0.444. The van der Waals surface area contributed by atoms with Gasteiger partial charge in [0, 0.05) is 12.5 Å². The van der Waals surface area contributed by atoms with Crippen molar-refractivity contribution in [3.05, 3.63) is 59.7 Å². The first-order chi connectivity index (χ1) is 16.2. The van der Waals surface area contributed by atoms with Crippen LogP contribution < -0.4 is 5.32 Å². The van der Waals surface area contributed by atoms with Crippen molar-refractivity contribution in [2.45, 2.75) is 57.6 Å². The molecule has 2 amide bonds. The van der Waals surface area contributed by atoms with Crippen molar-refractivity contribution < 1.29 is 23.9 Å². The Morgan fingerprint density at radius 2 is 1.62 bits per heavy atom. The van der Waals surface area contributed by atoms with Crippen LogP contribution in [0.25, 0.3) is 11.1 Å². The molecule has 1 aliphatic carbocycles. The van der Waals surface area contributed by atoms with Crippen LogP contribution in [0.5, 0.6) is 0 Å².